The fourth-order valence-electron chi connectivity index (χ4n) is 2.36. The molecule has 1 amide bonds. The van der Waals surface area contributed by atoms with Crippen LogP contribution in [0.2, 0.25) is 0 Å². The summed E-state index contributed by atoms with van der Waals surface area (Å²) in [6.07, 6.45) is 0. The van der Waals surface area contributed by atoms with E-state index in [4.69, 9.17) is 0 Å². The lowest BCUT2D eigenvalue weighted by molar-refractivity contribution is -0.141. The number of carbonyl (C=O) groups excluding carboxylic acids is 2. The number of methoxy groups -OCH3 is 1. The molecule has 0 aliphatic rings. The number of aromatic nitrogens is 3. The zero-order valence-electron chi connectivity index (χ0n) is 14.1. The molecule has 26 heavy (non-hydrogen) atoms. The van der Waals surface area contributed by atoms with Gasteiger partial charge < -0.3 is 9.30 Å². The minimum absolute atomic E-state index is 0.0226. The van der Waals surface area contributed by atoms with E-state index < -0.39 is 23.5 Å². The molecule has 3 aromatic rings. The van der Waals surface area contributed by atoms with Gasteiger partial charge in [0.15, 0.2) is 16.3 Å². The van der Waals surface area contributed by atoms with Crippen molar-refractivity contribution in [3.05, 3.63) is 46.0 Å². The summed E-state index contributed by atoms with van der Waals surface area (Å²) in [5.74, 6) is -2.93. The molecule has 0 aliphatic heterocycles. The van der Waals surface area contributed by atoms with Crippen molar-refractivity contribution >= 4 is 33.4 Å². The quantitative estimate of drug-likeness (QED) is 0.651. The Kier molecular flexibility index (Phi) is 4.68. The lowest BCUT2D eigenvalue weighted by Gasteiger charge is -2.04. The number of hydrogen-bond acceptors (Lipinski definition) is 5. The van der Waals surface area contributed by atoms with Crippen molar-refractivity contribution in [1.29, 1.82) is 0 Å². The second kappa shape index (κ2) is 6.79. The molecule has 10 heteroatoms. The molecule has 2 aromatic heterocycles. The number of aryl methyl sites for hydroxylation is 2. The number of rotatable bonds is 3. The number of esters is 1. The number of halogens is 2. The van der Waals surface area contributed by atoms with Crippen LogP contribution in [0.25, 0.3) is 10.2 Å². The molecule has 0 radical (unpaired) electrons. The van der Waals surface area contributed by atoms with Crippen molar-refractivity contribution in [2.24, 2.45) is 12.0 Å². The van der Waals surface area contributed by atoms with Crippen LogP contribution in [0.3, 0.4) is 0 Å². The Hall–Kier alpha value is -2.88. The van der Waals surface area contributed by atoms with Crippen LogP contribution in [-0.4, -0.2) is 33.3 Å². The average Bonchev–Trinajstić information content (AvgIpc) is 3.08. The molecule has 0 fully saturated rings. The molecule has 0 atom stereocenters. The number of carbonyl (C=O) groups is 2. The minimum Gasteiger partial charge on any atom is -0.468 e. The summed E-state index contributed by atoms with van der Waals surface area (Å²) < 4.78 is 35.3. The third kappa shape index (κ3) is 3.27. The molecule has 0 saturated heterocycles. The zero-order chi connectivity index (χ0) is 19.0. The van der Waals surface area contributed by atoms with Crippen molar-refractivity contribution in [2.45, 2.75) is 13.5 Å². The Balaban J connectivity index is 2.20. The summed E-state index contributed by atoms with van der Waals surface area (Å²) >= 11 is 0.892. The number of fused-ring (bicyclic) bond motifs is 1. The van der Waals surface area contributed by atoms with Gasteiger partial charge in [-0.05, 0) is 19.1 Å². The first kappa shape index (κ1) is 17.9. The lowest BCUT2D eigenvalue weighted by atomic mass is 10.3. The van der Waals surface area contributed by atoms with E-state index in [0.29, 0.717) is 6.07 Å². The molecule has 136 valence electrons. The van der Waals surface area contributed by atoms with Gasteiger partial charge in [-0.2, -0.15) is 10.1 Å². The molecule has 1 aromatic carbocycles. The number of ether oxygens (including phenoxy) is 1. The SMILES string of the molecule is COC(=O)Cn1c(=NC(=O)c2cc(C)n(C)n2)sc2cc(F)cc(F)c21. The number of hydrogen-bond donors (Lipinski definition) is 0. The molecule has 0 unspecified atom stereocenters. The van der Waals surface area contributed by atoms with Crippen molar-refractivity contribution in [2.75, 3.05) is 7.11 Å². The molecule has 0 N–H and O–H groups in total. The molecule has 3 rings (SSSR count). The van der Waals surface area contributed by atoms with E-state index in [1.54, 1.807) is 20.0 Å². The molecule has 2 heterocycles. The van der Waals surface area contributed by atoms with Crippen molar-refractivity contribution < 1.29 is 23.1 Å². The maximum Gasteiger partial charge on any atom is 0.325 e. The Bertz CT molecular complexity index is 1080. The predicted molar refractivity (Wildman–Crippen MR) is 89.6 cm³/mol. The van der Waals surface area contributed by atoms with Crippen LogP contribution >= 0.6 is 11.3 Å². The molecule has 0 aliphatic carbocycles. The van der Waals surface area contributed by atoms with Gasteiger partial charge in [-0.3, -0.25) is 14.3 Å². The number of nitrogens with zero attached hydrogens (tertiary/aromatic N) is 4. The molecule has 0 spiro atoms. The van der Waals surface area contributed by atoms with Crippen LogP contribution in [0.5, 0.6) is 0 Å². The third-order valence-electron chi connectivity index (χ3n) is 3.74. The summed E-state index contributed by atoms with van der Waals surface area (Å²) in [7, 11) is 2.87. The largest absolute Gasteiger partial charge is 0.468 e. The van der Waals surface area contributed by atoms with Crippen LogP contribution in [0.4, 0.5) is 8.78 Å². The van der Waals surface area contributed by atoms with Gasteiger partial charge in [0, 0.05) is 18.8 Å². The van der Waals surface area contributed by atoms with Crippen molar-refractivity contribution in [3.63, 3.8) is 0 Å². The Labute approximate surface area is 150 Å². The average molecular weight is 380 g/mol. The van der Waals surface area contributed by atoms with Crippen LogP contribution in [0, 0.1) is 18.6 Å². The second-order valence-electron chi connectivity index (χ2n) is 5.49. The van der Waals surface area contributed by atoms with Crippen LogP contribution in [0.15, 0.2) is 23.2 Å². The topological polar surface area (TPSA) is 78.5 Å². The van der Waals surface area contributed by atoms with Crippen molar-refractivity contribution in [3.8, 4) is 0 Å². The first-order valence-electron chi connectivity index (χ1n) is 7.45. The monoisotopic (exact) mass is 380 g/mol. The highest BCUT2D eigenvalue weighted by atomic mass is 32.1. The first-order valence-corrected chi connectivity index (χ1v) is 8.26. The minimum atomic E-state index is -0.859. The van der Waals surface area contributed by atoms with E-state index >= 15 is 0 Å². The fraction of sp³-hybridized carbons (Fsp3) is 0.250. The van der Waals surface area contributed by atoms with Crippen LogP contribution in [0.1, 0.15) is 16.2 Å². The maximum absolute atomic E-state index is 14.2. The summed E-state index contributed by atoms with van der Waals surface area (Å²) in [5, 5.41) is 4.04. The van der Waals surface area contributed by atoms with E-state index in [9.17, 15) is 18.4 Å². The van der Waals surface area contributed by atoms with Gasteiger partial charge >= 0.3 is 5.97 Å². The Morgan fingerprint density at radius 3 is 2.65 bits per heavy atom. The van der Waals surface area contributed by atoms with E-state index in [2.05, 4.69) is 14.8 Å². The van der Waals surface area contributed by atoms with Crippen molar-refractivity contribution in [1.82, 2.24) is 14.3 Å². The number of thiazole rings is 1. The van der Waals surface area contributed by atoms with Gasteiger partial charge in [0.2, 0.25) is 0 Å². The van der Waals surface area contributed by atoms with Gasteiger partial charge in [-0.25, -0.2) is 8.78 Å². The van der Waals surface area contributed by atoms with Gasteiger partial charge in [0.05, 0.1) is 17.3 Å². The number of amides is 1. The Morgan fingerprint density at radius 2 is 2.04 bits per heavy atom. The van der Waals surface area contributed by atoms with Gasteiger partial charge in [-0.1, -0.05) is 11.3 Å². The van der Waals surface area contributed by atoms with Crippen LogP contribution < -0.4 is 4.80 Å². The van der Waals surface area contributed by atoms with Gasteiger partial charge in [0.1, 0.15) is 12.4 Å². The molecular formula is C16H14F2N4O3S. The van der Waals surface area contributed by atoms with E-state index in [1.807, 2.05) is 0 Å². The third-order valence-corrected chi connectivity index (χ3v) is 4.77. The highest BCUT2D eigenvalue weighted by Crippen LogP contribution is 2.22. The second-order valence-corrected chi connectivity index (χ2v) is 6.50. The molecule has 7 nitrogen and oxygen atoms in total. The molecule has 0 saturated carbocycles. The summed E-state index contributed by atoms with van der Waals surface area (Å²) in [6.45, 7) is 1.41. The summed E-state index contributed by atoms with van der Waals surface area (Å²) in [5.41, 5.74) is 0.847. The number of benzene rings is 1. The Morgan fingerprint density at radius 1 is 1.31 bits per heavy atom. The smallest absolute Gasteiger partial charge is 0.325 e. The first-order chi connectivity index (χ1) is 12.3. The standard InChI is InChI=1S/C16H14F2N4O3S/c1-8-4-11(20-21(8)2)15(24)19-16-22(7-13(23)25-3)14-10(18)5-9(17)6-12(14)26-16/h4-6H,7H2,1-3H3. The van der Waals surface area contributed by atoms with Crippen LogP contribution in [-0.2, 0) is 23.1 Å². The van der Waals surface area contributed by atoms with E-state index in [-0.39, 0.29) is 27.3 Å². The van der Waals surface area contributed by atoms with E-state index in [0.717, 1.165) is 23.1 Å². The fourth-order valence-corrected chi connectivity index (χ4v) is 3.43. The summed E-state index contributed by atoms with van der Waals surface area (Å²) in [4.78, 5) is 28.1. The molecule has 0 bridgehead atoms. The van der Waals surface area contributed by atoms with Gasteiger partial charge in [0.25, 0.3) is 5.91 Å². The van der Waals surface area contributed by atoms with Gasteiger partial charge in [-0.15, -0.1) is 0 Å². The summed E-state index contributed by atoms with van der Waals surface area (Å²) in [6, 6.07) is 3.38. The maximum atomic E-state index is 14.2. The normalized spacial score (nSPS) is 12.0. The molecular weight excluding hydrogens is 366 g/mol. The zero-order valence-corrected chi connectivity index (χ0v) is 14.9. The highest BCUT2D eigenvalue weighted by molar-refractivity contribution is 7.16. The van der Waals surface area contributed by atoms with E-state index in [1.165, 1.54) is 16.4 Å². The highest BCUT2D eigenvalue weighted by Gasteiger charge is 2.17. The predicted octanol–water partition coefficient (Wildman–Crippen LogP) is 1.94. The lowest BCUT2D eigenvalue weighted by Crippen LogP contribution is -2.23.